The molecule has 0 bridgehead atoms. The van der Waals surface area contributed by atoms with Gasteiger partial charge >= 0.3 is 0 Å². The second-order valence-electron chi connectivity index (χ2n) is 7.43. The summed E-state index contributed by atoms with van der Waals surface area (Å²) in [6.07, 6.45) is 6.16. The van der Waals surface area contributed by atoms with Gasteiger partial charge in [-0.1, -0.05) is 50.1 Å². The Morgan fingerprint density at radius 2 is 1.96 bits per heavy atom. The minimum absolute atomic E-state index is 0.282. The third-order valence-electron chi connectivity index (χ3n) is 5.51. The number of unbranched alkanes of at least 4 members (excludes halogenated alkanes) is 1. The molecule has 4 nitrogen and oxygen atoms in total. The molecule has 2 atom stereocenters. The van der Waals surface area contributed by atoms with E-state index in [1.165, 1.54) is 18.4 Å². The molecule has 154 valence electrons. The fourth-order valence-electron chi connectivity index (χ4n) is 4.10. The van der Waals surface area contributed by atoms with Crippen LogP contribution >= 0.6 is 11.3 Å². The van der Waals surface area contributed by atoms with E-state index in [-0.39, 0.29) is 5.91 Å². The molecule has 5 heteroatoms. The van der Waals surface area contributed by atoms with E-state index in [0.717, 1.165) is 48.5 Å². The molecular formula is C23H34N2O2S. The Hall–Kier alpha value is -1.72. The van der Waals surface area contributed by atoms with Gasteiger partial charge in [-0.05, 0) is 44.6 Å². The lowest BCUT2D eigenvalue weighted by Crippen LogP contribution is -2.46. The third-order valence-corrected chi connectivity index (χ3v) is 6.58. The number of hydrogen-bond donors (Lipinski definition) is 1. The van der Waals surface area contributed by atoms with Crippen molar-refractivity contribution in [3.8, 4) is 0 Å². The molecule has 1 aromatic heterocycles. The molecule has 0 saturated carbocycles. The van der Waals surface area contributed by atoms with E-state index in [9.17, 15) is 4.79 Å². The summed E-state index contributed by atoms with van der Waals surface area (Å²) in [5.41, 5.74) is 2.44. The zero-order valence-electron chi connectivity index (χ0n) is 17.6. The highest BCUT2D eigenvalue weighted by Gasteiger charge is 2.32. The number of hydrogen-bond acceptors (Lipinski definition) is 4. The van der Waals surface area contributed by atoms with Gasteiger partial charge in [-0.3, -0.25) is 4.79 Å². The molecule has 0 aliphatic carbocycles. The van der Waals surface area contributed by atoms with Crippen molar-refractivity contribution in [3.05, 3.63) is 51.5 Å². The Kier molecular flexibility index (Phi) is 9.13. The number of amides is 1. The summed E-state index contributed by atoms with van der Waals surface area (Å²) in [7, 11) is 1.00. The molecule has 1 aromatic carbocycles. The number of aliphatic hydroxyl groups is 1. The highest BCUT2D eigenvalue weighted by Crippen LogP contribution is 2.34. The second kappa shape index (κ2) is 11.3. The Balaban J connectivity index is 0.00000136. The fraction of sp³-hybridized carbons (Fsp3) is 0.565. The zero-order valence-corrected chi connectivity index (χ0v) is 18.5. The summed E-state index contributed by atoms with van der Waals surface area (Å²) in [4.78, 5) is 20.8. The van der Waals surface area contributed by atoms with Gasteiger partial charge in [0.05, 0.1) is 17.1 Å². The van der Waals surface area contributed by atoms with Crippen molar-refractivity contribution in [2.75, 3.05) is 13.7 Å². The average Bonchev–Trinajstić information content (AvgIpc) is 3.05. The van der Waals surface area contributed by atoms with Gasteiger partial charge in [0.15, 0.2) is 0 Å². The van der Waals surface area contributed by atoms with Crippen LogP contribution in [0.3, 0.4) is 0 Å². The minimum Gasteiger partial charge on any atom is -0.400 e. The minimum atomic E-state index is 0.282. The van der Waals surface area contributed by atoms with E-state index in [1.807, 2.05) is 13.8 Å². The molecule has 2 unspecified atom stereocenters. The van der Waals surface area contributed by atoms with Crippen LogP contribution in [0.15, 0.2) is 30.3 Å². The van der Waals surface area contributed by atoms with Crippen molar-refractivity contribution in [3.63, 3.8) is 0 Å². The van der Waals surface area contributed by atoms with Crippen LogP contribution in [-0.2, 0) is 11.2 Å². The van der Waals surface area contributed by atoms with Gasteiger partial charge in [0, 0.05) is 24.6 Å². The molecular weight excluding hydrogens is 368 g/mol. The van der Waals surface area contributed by atoms with Gasteiger partial charge in [-0.15, -0.1) is 11.3 Å². The van der Waals surface area contributed by atoms with E-state index in [1.54, 1.807) is 11.3 Å². The monoisotopic (exact) mass is 402 g/mol. The quantitative estimate of drug-likeness (QED) is 0.749. The van der Waals surface area contributed by atoms with Crippen LogP contribution in [-0.4, -0.2) is 40.6 Å². The third kappa shape index (κ3) is 5.89. The zero-order chi connectivity index (χ0) is 20.5. The number of benzene rings is 1. The van der Waals surface area contributed by atoms with E-state index in [2.05, 4.69) is 47.1 Å². The van der Waals surface area contributed by atoms with Crippen LogP contribution in [0.25, 0.3) is 0 Å². The first-order chi connectivity index (χ1) is 13.6. The van der Waals surface area contributed by atoms with Crippen molar-refractivity contribution in [1.29, 1.82) is 0 Å². The lowest BCUT2D eigenvalue weighted by Gasteiger charge is -2.40. The van der Waals surface area contributed by atoms with E-state index in [4.69, 9.17) is 5.11 Å². The molecule has 28 heavy (non-hydrogen) atoms. The maximum absolute atomic E-state index is 13.1. The molecule has 1 aliphatic heterocycles. The predicted molar refractivity (Wildman–Crippen MR) is 117 cm³/mol. The van der Waals surface area contributed by atoms with Crippen molar-refractivity contribution in [2.45, 2.75) is 71.3 Å². The summed E-state index contributed by atoms with van der Waals surface area (Å²) in [6.45, 7) is 7.14. The number of rotatable bonds is 6. The van der Waals surface area contributed by atoms with Crippen LogP contribution in [0, 0.1) is 13.8 Å². The number of nitrogens with zero attached hydrogens (tertiary/aromatic N) is 2. The highest BCUT2D eigenvalue weighted by atomic mass is 32.1. The van der Waals surface area contributed by atoms with Gasteiger partial charge < -0.3 is 10.0 Å². The number of aryl methyl sites for hydroxylation is 2. The largest absolute Gasteiger partial charge is 0.400 e. The molecule has 2 heterocycles. The molecule has 1 N–H and O–H groups in total. The number of carbonyl (C=O) groups excluding carboxylic acids is 1. The maximum Gasteiger partial charge on any atom is 0.228 e. The van der Waals surface area contributed by atoms with E-state index in [0.29, 0.717) is 18.4 Å². The van der Waals surface area contributed by atoms with E-state index < -0.39 is 0 Å². The van der Waals surface area contributed by atoms with Crippen molar-refractivity contribution in [2.24, 2.45) is 0 Å². The van der Waals surface area contributed by atoms with Gasteiger partial charge in [0.1, 0.15) is 0 Å². The number of likely N-dealkylation sites (tertiary alicyclic amines) is 1. The van der Waals surface area contributed by atoms with Gasteiger partial charge in [0.2, 0.25) is 5.91 Å². The van der Waals surface area contributed by atoms with Crippen LogP contribution in [0.4, 0.5) is 0 Å². The number of piperidine rings is 1. The Labute approximate surface area is 173 Å². The van der Waals surface area contributed by atoms with Crippen LogP contribution in [0.1, 0.15) is 66.1 Å². The normalized spacial score (nSPS) is 19.1. The fourth-order valence-corrected chi connectivity index (χ4v) is 5.03. The number of carbonyl (C=O) groups is 1. The first-order valence-corrected chi connectivity index (χ1v) is 11.1. The predicted octanol–water partition coefficient (Wildman–Crippen LogP) is 4.88. The topological polar surface area (TPSA) is 53.4 Å². The summed E-state index contributed by atoms with van der Waals surface area (Å²) in [5, 5.41) is 8.05. The van der Waals surface area contributed by atoms with Gasteiger partial charge in [-0.25, -0.2) is 4.98 Å². The van der Waals surface area contributed by atoms with Crippen molar-refractivity contribution in [1.82, 2.24) is 9.88 Å². The molecule has 1 aliphatic rings. The van der Waals surface area contributed by atoms with Crippen LogP contribution in [0.2, 0.25) is 0 Å². The first-order valence-electron chi connectivity index (χ1n) is 10.3. The average molecular weight is 403 g/mol. The molecule has 0 radical (unpaired) electrons. The van der Waals surface area contributed by atoms with Crippen LogP contribution in [0.5, 0.6) is 0 Å². The summed E-state index contributed by atoms with van der Waals surface area (Å²) < 4.78 is 0. The summed E-state index contributed by atoms with van der Waals surface area (Å²) >= 11 is 1.66. The summed E-state index contributed by atoms with van der Waals surface area (Å²) in [6, 6.07) is 11.2. The first kappa shape index (κ1) is 22.6. The number of thiazole rings is 1. The van der Waals surface area contributed by atoms with Gasteiger partial charge in [-0.2, -0.15) is 0 Å². The van der Waals surface area contributed by atoms with E-state index >= 15 is 0 Å². The molecule has 1 fully saturated rings. The van der Waals surface area contributed by atoms with Gasteiger partial charge in [0.25, 0.3) is 0 Å². The Morgan fingerprint density at radius 1 is 1.25 bits per heavy atom. The smallest absolute Gasteiger partial charge is 0.228 e. The lowest BCUT2D eigenvalue weighted by molar-refractivity contribution is -0.134. The number of aliphatic hydroxyl groups excluding tert-OH is 1. The molecule has 2 aromatic rings. The van der Waals surface area contributed by atoms with Crippen molar-refractivity contribution >= 4 is 17.2 Å². The standard InChI is InChI=1S/C22H30N2OS.CH4O/c1-4-5-11-20-14-19(18-9-7-6-8-10-18)12-13-24(20)22(25)15-21-16(2)23-17(3)26-21;1-2/h6-10,19-20H,4-5,11-15H2,1-3H3;2H,1H3. The summed E-state index contributed by atoms with van der Waals surface area (Å²) in [5.74, 6) is 0.860. The molecule has 0 spiro atoms. The maximum atomic E-state index is 13.1. The Morgan fingerprint density at radius 3 is 2.57 bits per heavy atom. The molecule has 1 amide bonds. The lowest BCUT2D eigenvalue weighted by atomic mass is 9.83. The Bertz CT molecular complexity index is 729. The van der Waals surface area contributed by atoms with Crippen molar-refractivity contribution < 1.29 is 9.90 Å². The SMILES string of the molecule is CCCCC1CC(c2ccccc2)CCN1C(=O)Cc1sc(C)nc1C.CO. The molecule has 3 rings (SSSR count). The number of aromatic nitrogens is 1. The molecule has 1 saturated heterocycles. The second-order valence-corrected chi connectivity index (χ2v) is 8.72. The van der Waals surface area contributed by atoms with Crippen LogP contribution < -0.4 is 0 Å². The highest BCUT2D eigenvalue weighted by molar-refractivity contribution is 7.11.